The highest BCUT2D eigenvalue weighted by Crippen LogP contribution is 2.06. The third-order valence-corrected chi connectivity index (χ3v) is 0.967. The van der Waals surface area contributed by atoms with Gasteiger partial charge in [0.25, 0.3) is 5.69 Å². The normalized spacial score (nSPS) is 7.67. The van der Waals surface area contributed by atoms with E-state index in [9.17, 15) is 10.1 Å². The van der Waals surface area contributed by atoms with E-state index in [1.54, 1.807) is 18.2 Å². The van der Waals surface area contributed by atoms with Crippen molar-refractivity contribution in [1.29, 1.82) is 0 Å². The predicted octanol–water partition coefficient (Wildman–Crippen LogP) is 0.925. The second-order valence-corrected chi connectivity index (χ2v) is 1.80. The van der Waals surface area contributed by atoms with Crippen LogP contribution in [0, 0.1) is 10.1 Å². The molecule has 5 nitrogen and oxygen atoms in total. The molecule has 0 heterocycles. The lowest BCUT2D eigenvalue weighted by molar-refractivity contribution is -0.384. The van der Waals surface area contributed by atoms with E-state index >= 15 is 0 Å². The number of nitro groups is 1. The first kappa shape index (κ1) is 10.4. The Bertz CT molecular complexity index is 281. The lowest BCUT2D eigenvalue weighted by Crippen LogP contribution is -1.84. The SMILES string of the molecule is O=S=O.O=[N+]([O-])c1ccccc1. The monoisotopic (exact) mass is 187 g/mol. The first-order chi connectivity index (χ1) is 5.72. The smallest absolute Gasteiger partial charge is 0.258 e. The second kappa shape index (κ2) is 6.17. The van der Waals surface area contributed by atoms with Gasteiger partial charge in [-0.3, -0.25) is 10.1 Å². The number of benzene rings is 1. The van der Waals surface area contributed by atoms with Gasteiger partial charge in [-0.05, 0) is 0 Å². The van der Waals surface area contributed by atoms with Crippen LogP contribution in [0.25, 0.3) is 0 Å². The highest BCUT2D eigenvalue weighted by atomic mass is 32.1. The first-order valence-electron chi connectivity index (χ1n) is 2.83. The molecule has 0 aliphatic heterocycles. The van der Waals surface area contributed by atoms with Gasteiger partial charge < -0.3 is 0 Å². The highest BCUT2D eigenvalue weighted by molar-refractivity contribution is 7.51. The Kier molecular flexibility index (Phi) is 5.37. The molecule has 0 saturated heterocycles. The molecule has 1 rings (SSSR count). The molecular weight excluding hydrogens is 182 g/mol. The van der Waals surface area contributed by atoms with Gasteiger partial charge in [0, 0.05) is 12.1 Å². The summed E-state index contributed by atoms with van der Waals surface area (Å²) < 4.78 is 16.6. The lowest BCUT2D eigenvalue weighted by atomic mass is 10.3. The fourth-order valence-electron chi connectivity index (χ4n) is 0.550. The minimum absolute atomic E-state index is 0.137. The molecule has 12 heavy (non-hydrogen) atoms. The van der Waals surface area contributed by atoms with E-state index in [4.69, 9.17) is 8.42 Å². The lowest BCUT2D eigenvalue weighted by Gasteiger charge is -1.85. The van der Waals surface area contributed by atoms with Crippen molar-refractivity contribution in [1.82, 2.24) is 0 Å². The minimum atomic E-state index is -0.750. The molecule has 0 atom stereocenters. The van der Waals surface area contributed by atoms with Crippen LogP contribution >= 0.6 is 0 Å². The summed E-state index contributed by atoms with van der Waals surface area (Å²) in [6.45, 7) is 0. The minimum Gasteiger partial charge on any atom is -0.258 e. The molecule has 0 N–H and O–H groups in total. The van der Waals surface area contributed by atoms with E-state index in [2.05, 4.69) is 0 Å². The van der Waals surface area contributed by atoms with Crippen molar-refractivity contribution in [3.8, 4) is 0 Å². The average Bonchev–Trinajstić information content (AvgIpc) is 2.07. The molecule has 6 heteroatoms. The molecule has 0 spiro atoms. The number of non-ortho nitro benzene ring substituents is 1. The van der Waals surface area contributed by atoms with Gasteiger partial charge in [-0.15, -0.1) is 0 Å². The maximum absolute atomic E-state index is 10.0. The molecule has 0 amide bonds. The van der Waals surface area contributed by atoms with Gasteiger partial charge in [-0.2, -0.15) is 8.42 Å². The third kappa shape index (κ3) is 4.29. The van der Waals surface area contributed by atoms with E-state index in [0.717, 1.165) is 0 Å². The van der Waals surface area contributed by atoms with Crippen LogP contribution in [0.4, 0.5) is 5.69 Å². The van der Waals surface area contributed by atoms with E-state index in [-0.39, 0.29) is 5.69 Å². The maximum Gasteiger partial charge on any atom is 0.335 e. The molecule has 1 aromatic rings. The molecular formula is C6H5NO4S. The molecule has 0 aromatic heterocycles. The molecule has 1 aromatic carbocycles. The van der Waals surface area contributed by atoms with Crippen LogP contribution in [0.1, 0.15) is 0 Å². The molecule has 0 fully saturated rings. The largest absolute Gasteiger partial charge is 0.335 e. The molecule has 0 radical (unpaired) electrons. The van der Waals surface area contributed by atoms with Crippen molar-refractivity contribution < 1.29 is 13.3 Å². The molecule has 64 valence electrons. The van der Waals surface area contributed by atoms with Crippen molar-refractivity contribution in [2.24, 2.45) is 0 Å². The maximum atomic E-state index is 10.0. The predicted molar refractivity (Wildman–Crippen MR) is 42.0 cm³/mol. The Morgan fingerprint density at radius 2 is 1.58 bits per heavy atom. The number of para-hydroxylation sites is 1. The Balaban J connectivity index is 0.000000354. The van der Waals surface area contributed by atoms with E-state index in [1.807, 2.05) is 0 Å². The van der Waals surface area contributed by atoms with Gasteiger partial charge in [0.15, 0.2) is 0 Å². The Morgan fingerprint density at radius 1 is 1.17 bits per heavy atom. The molecule has 0 aliphatic carbocycles. The van der Waals surface area contributed by atoms with E-state index < -0.39 is 16.5 Å². The number of rotatable bonds is 1. The van der Waals surface area contributed by atoms with Crippen LogP contribution in [0.5, 0.6) is 0 Å². The summed E-state index contributed by atoms with van der Waals surface area (Å²) in [5.41, 5.74) is 0.137. The van der Waals surface area contributed by atoms with Crippen molar-refractivity contribution >= 4 is 17.3 Å². The number of nitrogens with zero attached hydrogens (tertiary/aromatic N) is 1. The molecule has 0 bridgehead atoms. The molecule has 0 saturated carbocycles. The molecule has 0 unspecified atom stereocenters. The highest BCUT2D eigenvalue weighted by Gasteiger charge is 1.98. The van der Waals surface area contributed by atoms with Gasteiger partial charge in [-0.25, -0.2) is 0 Å². The zero-order chi connectivity index (χ0) is 9.40. The number of nitro benzene ring substituents is 1. The van der Waals surface area contributed by atoms with E-state index in [1.165, 1.54) is 12.1 Å². The number of hydrogen-bond acceptors (Lipinski definition) is 4. The van der Waals surface area contributed by atoms with Crippen molar-refractivity contribution in [2.75, 3.05) is 0 Å². The zero-order valence-electron chi connectivity index (χ0n) is 5.88. The fraction of sp³-hybridized carbons (Fsp3) is 0. The quantitative estimate of drug-likeness (QED) is 0.484. The van der Waals surface area contributed by atoms with Gasteiger partial charge in [0.2, 0.25) is 0 Å². The summed E-state index contributed by atoms with van der Waals surface area (Å²) in [4.78, 5) is 9.59. The fourth-order valence-corrected chi connectivity index (χ4v) is 0.550. The van der Waals surface area contributed by atoms with Crippen LogP contribution < -0.4 is 0 Å². The summed E-state index contributed by atoms with van der Waals surface area (Å²) in [5, 5.41) is 10.0. The van der Waals surface area contributed by atoms with Crippen LogP contribution in [-0.4, -0.2) is 13.3 Å². The topological polar surface area (TPSA) is 77.3 Å². The Labute approximate surface area is 71.8 Å². The van der Waals surface area contributed by atoms with Crippen LogP contribution in [0.2, 0.25) is 0 Å². The van der Waals surface area contributed by atoms with Crippen LogP contribution in [0.15, 0.2) is 30.3 Å². The summed E-state index contributed by atoms with van der Waals surface area (Å²) in [6.07, 6.45) is 0. The van der Waals surface area contributed by atoms with Gasteiger partial charge in [0.1, 0.15) is 0 Å². The van der Waals surface area contributed by atoms with Gasteiger partial charge >= 0.3 is 11.6 Å². The third-order valence-electron chi connectivity index (χ3n) is 0.967. The Morgan fingerprint density at radius 3 is 1.83 bits per heavy atom. The van der Waals surface area contributed by atoms with Crippen molar-refractivity contribution in [3.63, 3.8) is 0 Å². The zero-order valence-corrected chi connectivity index (χ0v) is 6.69. The van der Waals surface area contributed by atoms with Crippen LogP contribution in [0.3, 0.4) is 0 Å². The second-order valence-electron chi connectivity index (χ2n) is 1.66. The van der Waals surface area contributed by atoms with Crippen molar-refractivity contribution in [2.45, 2.75) is 0 Å². The summed E-state index contributed by atoms with van der Waals surface area (Å²) >= 11 is -0.750. The van der Waals surface area contributed by atoms with E-state index in [0.29, 0.717) is 0 Å². The first-order valence-corrected chi connectivity index (χ1v) is 3.50. The standard InChI is InChI=1S/C6H5NO2.O2S/c8-7(9)6-4-2-1-3-5-6;1-3-2/h1-5H;. The summed E-state index contributed by atoms with van der Waals surface area (Å²) in [7, 11) is 0. The van der Waals surface area contributed by atoms with Gasteiger partial charge in [0.05, 0.1) is 4.92 Å². The Hall–Kier alpha value is -1.56. The average molecular weight is 187 g/mol. The van der Waals surface area contributed by atoms with Crippen molar-refractivity contribution in [3.05, 3.63) is 40.4 Å². The molecule has 0 aliphatic rings. The number of hydrogen-bond donors (Lipinski definition) is 0. The van der Waals surface area contributed by atoms with Crippen LogP contribution in [-0.2, 0) is 11.6 Å². The summed E-state index contributed by atoms with van der Waals surface area (Å²) in [5.74, 6) is 0. The van der Waals surface area contributed by atoms with Gasteiger partial charge in [-0.1, -0.05) is 18.2 Å². The summed E-state index contributed by atoms with van der Waals surface area (Å²) in [6, 6.07) is 7.93.